The van der Waals surface area contributed by atoms with Crippen LogP contribution in [0.5, 0.6) is 0 Å². The Morgan fingerprint density at radius 3 is 2.62 bits per heavy atom. The topological polar surface area (TPSA) is 121 Å². The summed E-state index contributed by atoms with van der Waals surface area (Å²) in [6.07, 6.45) is 1.57. The quantitative estimate of drug-likeness (QED) is 0.527. The maximum atomic E-state index is 13.7. The molecule has 29 heavy (non-hydrogen) atoms. The number of rotatable bonds is 3. The Morgan fingerprint density at radius 1 is 1.10 bits per heavy atom. The van der Waals surface area contributed by atoms with Crippen molar-refractivity contribution in [3.05, 3.63) is 81.5 Å². The van der Waals surface area contributed by atoms with Crippen molar-refractivity contribution >= 4 is 29.0 Å². The number of hydrogen-bond acceptors (Lipinski definition) is 5. The number of para-hydroxylation sites is 1. The predicted molar refractivity (Wildman–Crippen MR) is 103 cm³/mol. The molecule has 0 unspecified atom stereocenters. The molecule has 0 radical (unpaired) electrons. The normalized spacial score (nSPS) is 19.8. The van der Waals surface area contributed by atoms with Gasteiger partial charge < -0.3 is 10.2 Å². The van der Waals surface area contributed by atoms with Gasteiger partial charge in [0.25, 0.3) is 5.69 Å². The molecule has 5 rings (SSSR count). The highest BCUT2D eigenvalue weighted by Gasteiger charge is 2.56. The summed E-state index contributed by atoms with van der Waals surface area (Å²) in [5.41, 5.74) is 1.72. The van der Waals surface area contributed by atoms with Gasteiger partial charge in [0.15, 0.2) is 0 Å². The molecule has 3 aromatic rings. The van der Waals surface area contributed by atoms with E-state index in [1.165, 1.54) is 12.1 Å². The predicted octanol–water partition coefficient (Wildman–Crippen LogP) is 2.49. The van der Waals surface area contributed by atoms with Gasteiger partial charge in [-0.2, -0.15) is 5.10 Å². The second-order valence-corrected chi connectivity index (χ2v) is 7.12. The van der Waals surface area contributed by atoms with Gasteiger partial charge in [-0.15, -0.1) is 0 Å². The maximum Gasteiger partial charge on any atom is 0.269 e. The fraction of sp³-hybridized carbons (Fsp3) is 0.150. The smallest absolute Gasteiger partial charge is 0.269 e. The third-order valence-electron chi connectivity index (χ3n) is 5.54. The molecule has 0 saturated heterocycles. The van der Waals surface area contributed by atoms with E-state index in [-0.39, 0.29) is 30.5 Å². The van der Waals surface area contributed by atoms with Crippen molar-refractivity contribution < 1.29 is 14.5 Å². The molecule has 0 bridgehead atoms. The van der Waals surface area contributed by atoms with Crippen molar-refractivity contribution in [3.63, 3.8) is 0 Å². The molecule has 9 heteroatoms. The molecule has 0 aliphatic carbocycles. The fourth-order valence-corrected chi connectivity index (χ4v) is 4.24. The Morgan fingerprint density at radius 2 is 1.86 bits per heavy atom. The monoisotopic (exact) mass is 389 g/mol. The van der Waals surface area contributed by atoms with Crippen LogP contribution in [0.25, 0.3) is 0 Å². The average molecular weight is 389 g/mol. The first-order chi connectivity index (χ1) is 14.0. The van der Waals surface area contributed by atoms with Gasteiger partial charge in [0.1, 0.15) is 11.2 Å². The molecule has 0 saturated carbocycles. The highest BCUT2D eigenvalue weighted by atomic mass is 16.6. The van der Waals surface area contributed by atoms with E-state index < -0.39 is 10.3 Å². The summed E-state index contributed by atoms with van der Waals surface area (Å²) >= 11 is 0. The lowest BCUT2D eigenvalue weighted by Crippen LogP contribution is -2.46. The maximum absolute atomic E-state index is 13.7. The Hall–Kier alpha value is -4.01. The van der Waals surface area contributed by atoms with Crippen LogP contribution in [0.4, 0.5) is 17.2 Å². The summed E-state index contributed by atoms with van der Waals surface area (Å²) in [6.45, 7) is 0.240. The zero-order valence-corrected chi connectivity index (χ0v) is 15.1. The summed E-state index contributed by atoms with van der Waals surface area (Å²) in [6, 6.07) is 13.5. The molecule has 2 amide bonds. The summed E-state index contributed by atoms with van der Waals surface area (Å²) in [5.74, 6) is -0.0433. The number of aromatic amines is 1. The SMILES string of the molecule is O=C1C[C@]2(C(=O)N(Cc3ccc([N+](=O)[O-])cc3)c3ccccc32)c2cn[nH]c2N1. The molecule has 9 nitrogen and oxygen atoms in total. The minimum atomic E-state index is -1.14. The summed E-state index contributed by atoms with van der Waals surface area (Å²) in [7, 11) is 0. The van der Waals surface area contributed by atoms with Gasteiger partial charge in [0.05, 0.1) is 17.7 Å². The molecule has 2 N–H and O–H groups in total. The molecule has 144 valence electrons. The Bertz CT molecular complexity index is 1170. The Kier molecular flexibility index (Phi) is 3.54. The van der Waals surface area contributed by atoms with E-state index in [4.69, 9.17) is 0 Å². The molecule has 3 heterocycles. The van der Waals surface area contributed by atoms with Crippen molar-refractivity contribution in [3.8, 4) is 0 Å². The van der Waals surface area contributed by atoms with E-state index >= 15 is 0 Å². The number of carbonyl (C=O) groups is 2. The minimum Gasteiger partial charge on any atom is -0.311 e. The zero-order chi connectivity index (χ0) is 20.2. The number of amides is 2. The number of nitro benzene ring substituents is 1. The first kappa shape index (κ1) is 17.1. The summed E-state index contributed by atoms with van der Waals surface area (Å²) in [4.78, 5) is 38.2. The molecular formula is C20H15N5O4. The second-order valence-electron chi connectivity index (χ2n) is 7.12. The molecular weight excluding hydrogens is 374 g/mol. The molecule has 0 fully saturated rings. The molecule has 1 aromatic heterocycles. The molecule has 1 atom stereocenters. The zero-order valence-electron chi connectivity index (χ0n) is 15.1. The number of hydrogen-bond donors (Lipinski definition) is 2. The van der Waals surface area contributed by atoms with Crippen molar-refractivity contribution in [1.82, 2.24) is 10.2 Å². The van der Waals surface area contributed by atoms with E-state index in [9.17, 15) is 19.7 Å². The van der Waals surface area contributed by atoms with E-state index in [0.717, 1.165) is 16.8 Å². The Balaban J connectivity index is 1.61. The number of aromatic nitrogens is 2. The van der Waals surface area contributed by atoms with Crippen molar-refractivity contribution in [2.75, 3.05) is 10.2 Å². The van der Waals surface area contributed by atoms with Gasteiger partial charge in [-0.05, 0) is 17.2 Å². The van der Waals surface area contributed by atoms with Gasteiger partial charge in [-0.25, -0.2) is 0 Å². The number of non-ortho nitro benzene ring substituents is 1. The first-order valence-corrected chi connectivity index (χ1v) is 8.99. The number of benzene rings is 2. The molecule has 1 spiro atoms. The van der Waals surface area contributed by atoms with Crippen LogP contribution in [0.2, 0.25) is 0 Å². The Labute approximate surface area is 164 Å². The standard InChI is InChI=1S/C20H15N5O4/c26-17-9-20(15-10-21-23-18(15)22-17)14-3-1-2-4-16(14)24(19(20)27)11-12-5-7-13(8-6-12)25(28)29/h1-8,10H,9,11H2,(H2,21,22,23,26)/t20-/m1/s1. The number of nitrogens with one attached hydrogen (secondary N) is 2. The second kappa shape index (κ2) is 5.99. The van der Waals surface area contributed by atoms with Crippen LogP contribution in [0.3, 0.4) is 0 Å². The van der Waals surface area contributed by atoms with E-state index in [1.54, 1.807) is 23.2 Å². The number of H-pyrrole nitrogens is 1. The van der Waals surface area contributed by atoms with Gasteiger partial charge in [-0.3, -0.25) is 24.8 Å². The number of carbonyl (C=O) groups excluding carboxylic acids is 2. The average Bonchev–Trinajstić information content (AvgIpc) is 3.27. The lowest BCUT2D eigenvalue weighted by atomic mass is 9.72. The third kappa shape index (κ3) is 2.37. The van der Waals surface area contributed by atoms with Crippen molar-refractivity contribution in [1.29, 1.82) is 0 Å². The highest BCUT2D eigenvalue weighted by molar-refractivity contribution is 6.15. The lowest BCUT2D eigenvalue weighted by Gasteiger charge is -2.31. The summed E-state index contributed by atoms with van der Waals surface area (Å²) in [5, 5.41) is 20.4. The third-order valence-corrected chi connectivity index (χ3v) is 5.54. The fourth-order valence-electron chi connectivity index (χ4n) is 4.24. The highest BCUT2D eigenvalue weighted by Crippen LogP contribution is 2.51. The van der Waals surface area contributed by atoms with Crippen molar-refractivity contribution in [2.45, 2.75) is 18.4 Å². The number of nitro groups is 1. The van der Waals surface area contributed by atoms with Crippen LogP contribution in [0, 0.1) is 10.1 Å². The van der Waals surface area contributed by atoms with Gasteiger partial charge in [0, 0.05) is 29.8 Å². The summed E-state index contributed by atoms with van der Waals surface area (Å²) < 4.78 is 0. The molecule has 2 aromatic carbocycles. The number of fused-ring (bicyclic) bond motifs is 4. The van der Waals surface area contributed by atoms with Crippen molar-refractivity contribution in [2.24, 2.45) is 0 Å². The number of nitrogens with zero attached hydrogens (tertiary/aromatic N) is 3. The largest absolute Gasteiger partial charge is 0.311 e. The van der Waals surface area contributed by atoms with Crippen LogP contribution in [-0.4, -0.2) is 26.9 Å². The van der Waals surface area contributed by atoms with E-state index in [2.05, 4.69) is 15.5 Å². The van der Waals surface area contributed by atoms with E-state index in [0.29, 0.717) is 11.4 Å². The van der Waals surface area contributed by atoms with Crippen LogP contribution in [-0.2, 0) is 21.5 Å². The van der Waals surface area contributed by atoms with Gasteiger partial charge >= 0.3 is 0 Å². The van der Waals surface area contributed by atoms with Gasteiger partial charge in [0.2, 0.25) is 11.8 Å². The van der Waals surface area contributed by atoms with Gasteiger partial charge in [-0.1, -0.05) is 30.3 Å². The van der Waals surface area contributed by atoms with Crippen LogP contribution < -0.4 is 10.2 Å². The van der Waals surface area contributed by atoms with Crippen LogP contribution >= 0.6 is 0 Å². The molecule has 2 aliphatic heterocycles. The lowest BCUT2D eigenvalue weighted by molar-refractivity contribution is -0.384. The van der Waals surface area contributed by atoms with E-state index in [1.807, 2.05) is 24.3 Å². The van der Waals surface area contributed by atoms with Crippen LogP contribution in [0.1, 0.15) is 23.1 Å². The minimum absolute atomic E-state index is 0.00780. The molecule has 2 aliphatic rings. The first-order valence-electron chi connectivity index (χ1n) is 8.99. The van der Waals surface area contributed by atoms with Crippen LogP contribution in [0.15, 0.2) is 54.7 Å². The number of anilines is 2.